The lowest BCUT2D eigenvalue weighted by molar-refractivity contribution is 0.308. The zero-order valence-corrected chi connectivity index (χ0v) is 10.7. The molecule has 0 unspecified atom stereocenters. The predicted molar refractivity (Wildman–Crippen MR) is 64.6 cm³/mol. The van der Waals surface area contributed by atoms with Gasteiger partial charge in [-0.15, -0.1) is 11.6 Å². The summed E-state index contributed by atoms with van der Waals surface area (Å²) >= 11 is 14.7. The van der Waals surface area contributed by atoms with Gasteiger partial charge in [0.1, 0.15) is 5.75 Å². The minimum absolute atomic E-state index is 0.686. The van der Waals surface area contributed by atoms with E-state index in [2.05, 4.69) is 15.9 Å². The van der Waals surface area contributed by atoms with Crippen LogP contribution < -0.4 is 4.74 Å². The van der Waals surface area contributed by atoms with Crippen LogP contribution in [-0.4, -0.2) is 12.5 Å². The zero-order chi connectivity index (χ0) is 10.4. The summed E-state index contributed by atoms with van der Waals surface area (Å²) in [7, 11) is 0. The van der Waals surface area contributed by atoms with Gasteiger partial charge in [-0.2, -0.15) is 0 Å². The average Bonchev–Trinajstić information content (AvgIpc) is 2.15. The zero-order valence-electron chi connectivity index (χ0n) is 7.60. The molecule has 0 bridgehead atoms. The van der Waals surface area contributed by atoms with Crippen LogP contribution in [0, 0.1) is 0 Å². The number of unbranched alkanes of at least 4 members (excludes halogenated alkanes) is 1. The molecule has 0 saturated carbocycles. The molecule has 0 spiro atoms. The van der Waals surface area contributed by atoms with Crippen molar-refractivity contribution < 1.29 is 4.74 Å². The number of benzene rings is 1. The van der Waals surface area contributed by atoms with Crippen LogP contribution >= 0.6 is 39.1 Å². The minimum atomic E-state index is 0.686. The standard InChI is InChI=1S/C10H11BrCl2O/c11-9-7-8(13)3-4-10(9)14-6-2-1-5-12/h3-4,7H,1-2,5-6H2. The van der Waals surface area contributed by atoms with Crippen LogP contribution in [0.3, 0.4) is 0 Å². The summed E-state index contributed by atoms with van der Waals surface area (Å²) in [6, 6.07) is 5.48. The fourth-order valence-electron chi connectivity index (χ4n) is 0.971. The molecule has 14 heavy (non-hydrogen) atoms. The van der Waals surface area contributed by atoms with E-state index in [4.69, 9.17) is 27.9 Å². The quantitative estimate of drug-likeness (QED) is 0.574. The summed E-state index contributed by atoms with van der Waals surface area (Å²) < 4.78 is 6.41. The number of ether oxygens (including phenoxy) is 1. The first-order valence-corrected chi connectivity index (χ1v) is 6.08. The van der Waals surface area contributed by atoms with Crippen LogP contribution in [0.2, 0.25) is 5.02 Å². The molecule has 0 fully saturated rings. The van der Waals surface area contributed by atoms with Crippen LogP contribution in [0.25, 0.3) is 0 Å². The normalized spacial score (nSPS) is 10.2. The van der Waals surface area contributed by atoms with Crippen molar-refractivity contribution in [1.29, 1.82) is 0 Å². The smallest absolute Gasteiger partial charge is 0.133 e. The van der Waals surface area contributed by atoms with Crippen LogP contribution in [0.1, 0.15) is 12.8 Å². The van der Waals surface area contributed by atoms with E-state index in [0.717, 1.165) is 23.1 Å². The average molecular weight is 298 g/mol. The summed E-state index contributed by atoms with van der Waals surface area (Å²) in [4.78, 5) is 0. The first-order valence-electron chi connectivity index (χ1n) is 4.38. The van der Waals surface area contributed by atoms with Gasteiger partial charge in [0.2, 0.25) is 0 Å². The second kappa shape index (κ2) is 6.54. The van der Waals surface area contributed by atoms with E-state index in [1.165, 1.54) is 0 Å². The molecule has 1 nitrogen and oxygen atoms in total. The lowest BCUT2D eigenvalue weighted by atomic mass is 10.3. The van der Waals surface area contributed by atoms with Crippen molar-refractivity contribution in [2.45, 2.75) is 12.8 Å². The fourth-order valence-corrected chi connectivity index (χ4v) is 1.96. The molecule has 0 aliphatic rings. The van der Waals surface area contributed by atoms with E-state index < -0.39 is 0 Å². The Morgan fingerprint density at radius 1 is 1.29 bits per heavy atom. The van der Waals surface area contributed by atoms with Gasteiger partial charge in [0, 0.05) is 10.9 Å². The molecule has 0 amide bonds. The number of halogens is 3. The Balaban J connectivity index is 2.42. The topological polar surface area (TPSA) is 9.23 Å². The van der Waals surface area contributed by atoms with Crippen LogP contribution in [0.15, 0.2) is 22.7 Å². The summed E-state index contributed by atoms with van der Waals surface area (Å²) in [5, 5.41) is 0.699. The van der Waals surface area contributed by atoms with Crippen LogP contribution in [0.5, 0.6) is 5.75 Å². The molecule has 4 heteroatoms. The molecule has 0 aromatic heterocycles. The molecular weight excluding hydrogens is 287 g/mol. The Labute approximate surface area is 102 Å². The maximum atomic E-state index is 5.80. The Morgan fingerprint density at radius 2 is 2.07 bits per heavy atom. The van der Waals surface area contributed by atoms with E-state index >= 15 is 0 Å². The Hall–Kier alpha value is 0.0800. The van der Waals surface area contributed by atoms with Gasteiger partial charge in [-0.3, -0.25) is 0 Å². The van der Waals surface area contributed by atoms with Crippen molar-refractivity contribution in [3.05, 3.63) is 27.7 Å². The Bertz CT molecular complexity index is 291. The van der Waals surface area contributed by atoms with Gasteiger partial charge in [-0.05, 0) is 47.0 Å². The number of alkyl halides is 1. The monoisotopic (exact) mass is 296 g/mol. The van der Waals surface area contributed by atoms with Crippen LogP contribution in [-0.2, 0) is 0 Å². The van der Waals surface area contributed by atoms with Crippen molar-refractivity contribution in [3.8, 4) is 5.75 Å². The highest BCUT2D eigenvalue weighted by atomic mass is 79.9. The van der Waals surface area contributed by atoms with E-state index in [-0.39, 0.29) is 0 Å². The lowest BCUT2D eigenvalue weighted by Crippen LogP contribution is -1.98. The first-order chi connectivity index (χ1) is 6.74. The van der Waals surface area contributed by atoms with Gasteiger partial charge >= 0.3 is 0 Å². The molecule has 0 saturated heterocycles. The van der Waals surface area contributed by atoms with Crippen molar-refractivity contribution in [2.75, 3.05) is 12.5 Å². The molecule has 0 aliphatic heterocycles. The van der Waals surface area contributed by atoms with E-state index in [1.807, 2.05) is 18.2 Å². The molecule has 0 aliphatic carbocycles. The molecule has 78 valence electrons. The van der Waals surface area contributed by atoms with Gasteiger partial charge < -0.3 is 4.74 Å². The van der Waals surface area contributed by atoms with Gasteiger partial charge in [-0.1, -0.05) is 11.6 Å². The molecule has 0 atom stereocenters. The molecule has 0 radical (unpaired) electrons. The van der Waals surface area contributed by atoms with Crippen molar-refractivity contribution in [1.82, 2.24) is 0 Å². The summed E-state index contributed by atoms with van der Waals surface area (Å²) in [6.07, 6.45) is 1.95. The number of rotatable bonds is 5. The SMILES string of the molecule is ClCCCCOc1ccc(Cl)cc1Br. The highest BCUT2D eigenvalue weighted by Gasteiger charge is 2.00. The third-order valence-corrected chi connectivity index (χ3v) is 2.80. The summed E-state index contributed by atoms with van der Waals surface area (Å²) in [5.74, 6) is 1.51. The second-order valence-electron chi connectivity index (χ2n) is 2.82. The molecule has 0 N–H and O–H groups in total. The van der Waals surface area contributed by atoms with E-state index in [9.17, 15) is 0 Å². The van der Waals surface area contributed by atoms with Gasteiger partial charge in [0.25, 0.3) is 0 Å². The first kappa shape index (κ1) is 12.2. The second-order valence-corrected chi connectivity index (χ2v) is 4.49. The van der Waals surface area contributed by atoms with Crippen molar-refractivity contribution in [3.63, 3.8) is 0 Å². The summed E-state index contributed by atoms with van der Waals surface area (Å²) in [5.41, 5.74) is 0. The van der Waals surface area contributed by atoms with E-state index in [0.29, 0.717) is 17.5 Å². The highest BCUT2D eigenvalue weighted by molar-refractivity contribution is 9.10. The molecule has 0 heterocycles. The number of hydrogen-bond donors (Lipinski definition) is 0. The van der Waals surface area contributed by atoms with Gasteiger partial charge in [0.05, 0.1) is 11.1 Å². The third-order valence-electron chi connectivity index (χ3n) is 1.68. The number of hydrogen-bond acceptors (Lipinski definition) is 1. The van der Waals surface area contributed by atoms with Gasteiger partial charge in [-0.25, -0.2) is 0 Å². The third kappa shape index (κ3) is 4.07. The lowest BCUT2D eigenvalue weighted by Gasteiger charge is -2.07. The molecule has 1 aromatic carbocycles. The van der Waals surface area contributed by atoms with E-state index in [1.54, 1.807) is 0 Å². The minimum Gasteiger partial charge on any atom is -0.492 e. The molecular formula is C10H11BrCl2O. The van der Waals surface area contributed by atoms with Crippen molar-refractivity contribution in [2.24, 2.45) is 0 Å². The predicted octanol–water partition coefficient (Wildman–Crippen LogP) is 4.50. The van der Waals surface area contributed by atoms with Crippen LogP contribution in [0.4, 0.5) is 0 Å². The fraction of sp³-hybridized carbons (Fsp3) is 0.400. The maximum Gasteiger partial charge on any atom is 0.133 e. The summed E-state index contributed by atoms with van der Waals surface area (Å²) in [6.45, 7) is 0.687. The van der Waals surface area contributed by atoms with Crippen molar-refractivity contribution >= 4 is 39.1 Å². The Kier molecular flexibility index (Phi) is 5.68. The molecule has 1 aromatic rings. The van der Waals surface area contributed by atoms with Gasteiger partial charge in [0.15, 0.2) is 0 Å². The highest BCUT2D eigenvalue weighted by Crippen LogP contribution is 2.27. The largest absolute Gasteiger partial charge is 0.492 e. The maximum absolute atomic E-state index is 5.80. The Morgan fingerprint density at radius 3 is 2.71 bits per heavy atom. The molecule has 1 rings (SSSR count).